The van der Waals surface area contributed by atoms with E-state index in [-0.39, 0.29) is 12.1 Å². The van der Waals surface area contributed by atoms with Crippen molar-refractivity contribution in [2.24, 2.45) is 5.73 Å². The summed E-state index contributed by atoms with van der Waals surface area (Å²) in [5.41, 5.74) is 8.12. The van der Waals surface area contributed by atoms with E-state index in [4.69, 9.17) is 10.5 Å². The number of urea groups is 1. The monoisotopic (exact) mass is 263 g/mol. The average molecular weight is 263 g/mol. The molecule has 104 valence electrons. The highest BCUT2D eigenvalue weighted by atomic mass is 16.5. The van der Waals surface area contributed by atoms with Crippen molar-refractivity contribution >= 4 is 6.03 Å². The Morgan fingerprint density at radius 3 is 2.95 bits per heavy atom. The van der Waals surface area contributed by atoms with Gasteiger partial charge in [0.2, 0.25) is 0 Å². The Morgan fingerprint density at radius 1 is 1.53 bits per heavy atom. The summed E-state index contributed by atoms with van der Waals surface area (Å²) in [5, 5.41) is 2.77. The summed E-state index contributed by atoms with van der Waals surface area (Å²) < 4.78 is 5.76. The molecule has 1 aromatic rings. The van der Waals surface area contributed by atoms with Crippen LogP contribution in [0.15, 0.2) is 18.2 Å². The van der Waals surface area contributed by atoms with Crippen LogP contribution in [0.3, 0.4) is 0 Å². The van der Waals surface area contributed by atoms with Gasteiger partial charge in [0, 0.05) is 24.7 Å². The van der Waals surface area contributed by atoms with Gasteiger partial charge < -0.3 is 20.7 Å². The number of ether oxygens (including phenoxy) is 1. The van der Waals surface area contributed by atoms with Gasteiger partial charge in [0.05, 0.1) is 6.54 Å². The first-order valence-electron chi connectivity index (χ1n) is 6.59. The Morgan fingerprint density at radius 2 is 2.32 bits per heavy atom. The third-order valence-corrected chi connectivity index (χ3v) is 3.22. The molecule has 0 aliphatic carbocycles. The second kappa shape index (κ2) is 5.93. The summed E-state index contributed by atoms with van der Waals surface area (Å²) in [5.74, 6) is 0.806. The van der Waals surface area contributed by atoms with Crippen molar-refractivity contribution in [3.8, 4) is 5.75 Å². The van der Waals surface area contributed by atoms with Crippen LogP contribution in [0, 0.1) is 6.92 Å². The van der Waals surface area contributed by atoms with E-state index in [1.807, 2.05) is 32.0 Å². The van der Waals surface area contributed by atoms with Crippen molar-refractivity contribution in [1.29, 1.82) is 0 Å². The lowest BCUT2D eigenvalue weighted by Gasteiger charge is -2.17. The minimum absolute atomic E-state index is 0.0140. The number of hydrogen-bond acceptors (Lipinski definition) is 3. The summed E-state index contributed by atoms with van der Waals surface area (Å²) in [6.07, 6.45) is 0. The molecule has 0 radical (unpaired) electrons. The summed E-state index contributed by atoms with van der Waals surface area (Å²) >= 11 is 0. The van der Waals surface area contributed by atoms with E-state index in [1.54, 1.807) is 4.90 Å². The maximum atomic E-state index is 11.4. The van der Waals surface area contributed by atoms with Gasteiger partial charge in [-0.1, -0.05) is 17.7 Å². The molecule has 1 aliphatic heterocycles. The zero-order valence-corrected chi connectivity index (χ0v) is 11.5. The zero-order chi connectivity index (χ0) is 13.8. The fraction of sp³-hybridized carbons (Fsp3) is 0.500. The molecule has 1 aliphatic rings. The molecule has 0 spiro atoms. The molecule has 0 saturated carbocycles. The highest BCUT2D eigenvalue weighted by Crippen LogP contribution is 2.24. The SMILES string of the molecule is Cc1ccc(OCCN2CCNC2=O)c(C(C)N)c1. The Kier molecular flexibility index (Phi) is 4.27. The van der Waals surface area contributed by atoms with Gasteiger partial charge in [-0.3, -0.25) is 0 Å². The lowest BCUT2D eigenvalue weighted by atomic mass is 10.1. The van der Waals surface area contributed by atoms with Gasteiger partial charge in [-0.15, -0.1) is 0 Å². The summed E-state index contributed by atoms with van der Waals surface area (Å²) in [6.45, 7) is 6.51. The largest absolute Gasteiger partial charge is 0.491 e. The van der Waals surface area contributed by atoms with E-state index in [1.165, 1.54) is 5.56 Å². The highest BCUT2D eigenvalue weighted by molar-refractivity contribution is 5.76. The third-order valence-electron chi connectivity index (χ3n) is 3.22. The molecule has 1 fully saturated rings. The second-order valence-corrected chi connectivity index (χ2v) is 4.90. The predicted octanol–water partition coefficient (Wildman–Crippen LogP) is 1.42. The van der Waals surface area contributed by atoms with Gasteiger partial charge >= 0.3 is 6.03 Å². The van der Waals surface area contributed by atoms with E-state index in [0.717, 1.165) is 17.9 Å². The smallest absolute Gasteiger partial charge is 0.317 e. The first-order valence-corrected chi connectivity index (χ1v) is 6.59. The number of hydrogen-bond donors (Lipinski definition) is 2. The van der Waals surface area contributed by atoms with Gasteiger partial charge in [0.1, 0.15) is 12.4 Å². The first-order chi connectivity index (χ1) is 9.08. The van der Waals surface area contributed by atoms with Gasteiger partial charge in [-0.2, -0.15) is 0 Å². The summed E-state index contributed by atoms with van der Waals surface area (Å²) in [6, 6.07) is 5.91. The summed E-state index contributed by atoms with van der Waals surface area (Å²) in [7, 11) is 0. The second-order valence-electron chi connectivity index (χ2n) is 4.90. The van der Waals surface area contributed by atoms with Crippen molar-refractivity contribution in [3.05, 3.63) is 29.3 Å². The van der Waals surface area contributed by atoms with Crippen molar-refractivity contribution in [3.63, 3.8) is 0 Å². The maximum absolute atomic E-state index is 11.4. The van der Waals surface area contributed by atoms with Crippen LogP contribution in [0.4, 0.5) is 4.79 Å². The molecule has 1 saturated heterocycles. The number of amides is 2. The number of nitrogens with two attached hydrogens (primary N) is 1. The topological polar surface area (TPSA) is 67.6 Å². The molecule has 0 bridgehead atoms. The molecule has 0 aromatic heterocycles. The molecule has 2 rings (SSSR count). The van der Waals surface area contributed by atoms with Crippen LogP contribution in [0.25, 0.3) is 0 Å². The molecule has 5 heteroatoms. The standard InChI is InChI=1S/C14H21N3O2/c1-10-3-4-13(12(9-10)11(2)15)19-8-7-17-6-5-16-14(17)18/h3-4,9,11H,5-8,15H2,1-2H3,(H,16,18). The molecule has 3 N–H and O–H groups in total. The molecule has 5 nitrogen and oxygen atoms in total. The maximum Gasteiger partial charge on any atom is 0.317 e. The normalized spacial score (nSPS) is 16.4. The van der Waals surface area contributed by atoms with Crippen molar-refractivity contribution in [1.82, 2.24) is 10.2 Å². The van der Waals surface area contributed by atoms with Crippen LogP contribution in [-0.2, 0) is 0 Å². The van der Waals surface area contributed by atoms with Gasteiger partial charge in [-0.05, 0) is 19.9 Å². The zero-order valence-electron chi connectivity index (χ0n) is 11.5. The van der Waals surface area contributed by atoms with Crippen LogP contribution in [0.1, 0.15) is 24.1 Å². The molecular weight excluding hydrogens is 242 g/mol. The highest BCUT2D eigenvalue weighted by Gasteiger charge is 2.19. The number of rotatable bonds is 5. The van der Waals surface area contributed by atoms with E-state index in [0.29, 0.717) is 19.7 Å². The summed E-state index contributed by atoms with van der Waals surface area (Å²) in [4.78, 5) is 13.1. The lowest BCUT2D eigenvalue weighted by Crippen LogP contribution is -2.32. The van der Waals surface area contributed by atoms with Crippen molar-refractivity contribution < 1.29 is 9.53 Å². The van der Waals surface area contributed by atoms with E-state index in [2.05, 4.69) is 5.32 Å². The number of carbonyl (C=O) groups excluding carboxylic acids is 1. The van der Waals surface area contributed by atoms with Gasteiger partial charge in [-0.25, -0.2) is 4.79 Å². The molecular formula is C14H21N3O2. The quantitative estimate of drug-likeness (QED) is 0.844. The van der Waals surface area contributed by atoms with Gasteiger partial charge in [0.15, 0.2) is 0 Å². The van der Waals surface area contributed by atoms with E-state index < -0.39 is 0 Å². The van der Waals surface area contributed by atoms with Crippen LogP contribution in [-0.4, -0.2) is 37.2 Å². The number of nitrogens with one attached hydrogen (secondary N) is 1. The Hall–Kier alpha value is -1.75. The molecule has 1 unspecified atom stereocenters. The number of carbonyl (C=O) groups is 1. The minimum Gasteiger partial charge on any atom is -0.491 e. The molecule has 1 aromatic carbocycles. The van der Waals surface area contributed by atoms with E-state index >= 15 is 0 Å². The fourth-order valence-electron chi connectivity index (χ4n) is 2.15. The van der Waals surface area contributed by atoms with Crippen LogP contribution in [0.5, 0.6) is 5.75 Å². The fourth-order valence-corrected chi connectivity index (χ4v) is 2.15. The number of aryl methyl sites for hydroxylation is 1. The van der Waals surface area contributed by atoms with Crippen LogP contribution in [0.2, 0.25) is 0 Å². The van der Waals surface area contributed by atoms with Crippen molar-refractivity contribution in [2.75, 3.05) is 26.2 Å². The first kappa shape index (κ1) is 13.7. The van der Waals surface area contributed by atoms with Crippen LogP contribution >= 0.6 is 0 Å². The molecule has 1 atom stereocenters. The van der Waals surface area contributed by atoms with E-state index in [9.17, 15) is 4.79 Å². The Balaban J connectivity index is 1.93. The minimum atomic E-state index is -0.0648. The lowest BCUT2D eigenvalue weighted by molar-refractivity contribution is 0.202. The molecule has 2 amide bonds. The van der Waals surface area contributed by atoms with Crippen molar-refractivity contribution in [2.45, 2.75) is 19.9 Å². The average Bonchev–Trinajstić information content (AvgIpc) is 2.77. The predicted molar refractivity (Wildman–Crippen MR) is 74.2 cm³/mol. The molecule has 19 heavy (non-hydrogen) atoms. The molecule has 1 heterocycles. The Bertz CT molecular complexity index is 460. The Labute approximate surface area is 113 Å². The van der Waals surface area contributed by atoms with Crippen LogP contribution < -0.4 is 15.8 Å². The third kappa shape index (κ3) is 3.38. The number of benzene rings is 1. The number of nitrogens with zero attached hydrogens (tertiary/aromatic N) is 1. The van der Waals surface area contributed by atoms with Gasteiger partial charge in [0.25, 0.3) is 0 Å².